The summed E-state index contributed by atoms with van der Waals surface area (Å²) < 4.78 is 0. The maximum atomic E-state index is 4.62. The van der Waals surface area contributed by atoms with Gasteiger partial charge in [0, 0.05) is 22.2 Å². The van der Waals surface area contributed by atoms with Crippen molar-refractivity contribution in [1.82, 2.24) is 15.6 Å². The lowest BCUT2D eigenvalue weighted by atomic mass is 10.2. The number of aromatic nitrogens is 1. The molecule has 0 fully saturated rings. The maximum absolute atomic E-state index is 4.62. The normalized spacial score (nSPS) is 11.4. The lowest BCUT2D eigenvalue weighted by Gasteiger charge is -2.10. The molecule has 0 amide bonds. The number of halogens is 1. The third-order valence-corrected chi connectivity index (χ3v) is 5.38. The van der Waals surface area contributed by atoms with E-state index in [1.165, 1.54) is 9.75 Å². The van der Waals surface area contributed by atoms with Crippen molar-refractivity contribution in [3.63, 3.8) is 0 Å². The average molecular weight is 464 g/mol. The maximum Gasteiger partial charge on any atom is 0.191 e. The summed E-state index contributed by atoms with van der Waals surface area (Å²) in [6.07, 6.45) is 1.10. The van der Waals surface area contributed by atoms with Crippen LogP contribution in [0.3, 0.4) is 0 Å². The van der Waals surface area contributed by atoms with Gasteiger partial charge < -0.3 is 10.6 Å². The van der Waals surface area contributed by atoms with Crippen molar-refractivity contribution in [2.24, 2.45) is 4.99 Å². The van der Waals surface area contributed by atoms with Gasteiger partial charge in [0.05, 0.1) is 18.8 Å². The van der Waals surface area contributed by atoms with Crippen LogP contribution in [0.1, 0.15) is 47.1 Å². The van der Waals surface area contributed by atoms with Gasteiger partial charge in [-0.25, -0.2) is 4.98 Å². The van der Waals surface area contributed by atoms with E-state index in [0.29, 0.717) is 12.5 Å². The highest BCUT2D eigenvalue weighted by Gasteiger charge is 2.06. The van der Waals surface area contributed by atoms with Crippen LogP contribution >= 0.6 is 46.7 Å². The number of thiazole rings is 1. The first kappa shape index (κ1) is 20.4. The Hall–Kier alpha value is -0.670. The second-order valence-electron chi connectivity index (χ2n) is 5.32. The van der Waals surface area contributed by atoms with Gasteiger partial charge in [0.2, 0.25) is 0 Å². The third-order valence-electron chi connectivity index (χ3n) is 3.29. The van der Waals surface area contributed by atoms with Crippen molar-refractivity contribution >= 4 is 52.6 Å². The van der Waals surface area contributed by atoms with Crippen LogP contribution in [0.4, 0.5) is 0 Å². The minimum Gasteiger partial charge on any atom is -0.352 e. The molecule has 0 aliphatic heterocycles. The number of aliphatic imine (C=N–C) groups is 1. The number of hydrogen-bond acceptors (Lipinski definition) is 4. The summed E-state index contributed by atoms with van der Waals surface area (Å²) in [5, 5.41) is 9.90. The fraction of sp³-hybridized carbons (Fsp3) is 0.500. The molecule has 2 aromatic rings. The van der Waals surface area contributed by atoms with E-state index in [9.17, 15) is 0 Å². The molecule has 0 unspecified atom stereocenters. The fourth-order valence-electron chi connectivity index (χ4n) is 1.93. The number of nitrogens with one attached hydrogen (secondary N) is 2. The standard InChI is InChI=1S/C16H24N4S2.HI/c1-5-12-6-7-13(22-12)8-18-16(17-4)19-9-15-20-14(10-21-15)11(2)3;/h6-7,10-11H,5,8-9H2,1-4H3,(H2,17,18,19);1H. The molecule has 2 N–H and O–H groups in total. The van der Waals surface area contributed by atoms with Gasteiger partial charge in [-0.3, -0.25) is 4.99 Å². The SMILES string of the molecule is CCc1ccc(CNC(=NC)NCc2nc(C(C)C)cs2)s1.I. The van der Waals surface area contributed by atoms with Crippen LogP contribution in [0.25, 0.3) is 0 Å². The minimum atomic E-state index is 0. The summed E-state index contributed by atoms with van der Waals surface area (Å²) in [4.78, 5) is 11.6. The van der Waals surface area contributed by atoms with Crippen LogP contribution < -0.4 is 10.6 Å². The van der Waals surface area contributed by atoms with Crippen molar-refractivity contribution < 1.29 is 0 Å². The Bertz CT molecular complexity index is 619. The van der Waals surface area contributed by atoms with E-state index in [-0.39, 0.29) is 24.0 Å². The average Bonchev–Trinajstić information content (AvgIpc) is 3.16. The van der Waals surface area contributed by atoms with Gasteiger partial charge in [-0.05, 0) is 24.5 Å². The van der Waals surface area contributed by atoms with Gasteiger partial charge in [0.1, 0.15) is 5.01 Å². The Morgan fingerprint density at radius 1 is 1.22 bits per heavy atom. The van der Waals surface area contributed by atoms with Gasteiger partial charge in [-0.2, -0.15) is 0 Å². The Morgan fingerprint density at radius 3 is 2.48 bits per heavy atom. The molecule has 0 bridgehead atoms. The Labute approximate surface area is 163 Å². The first-order valence-corrected chi connectivity index (χ1v) is 9.28. The molecular weight excluding hydrogens is 439 g/mol. The van der Waals surface area contributed by atoms with Gasteiger partial charge in [0.15, 0.2) is 5.96 Å². The molecule has 2 rings (SSSR count). The zero-order valence-electron chi connectivity index (χ0n) is 14.0. The van der Waals surface area contributed by atoms with Crippen LogP contribution in [0.5, 0.6) is 0 Å². The molecule has 0 saturated heterocycles. The number of rotatable bonds is 6. The topological polar surface area (TPSA) is 49.3 Å². The van der Waals surface area contributed by atoms with Crippen molar-refractivity contribution in [2.75, 3.05) is 7.05 Å². The first-order chi connectivity index (χ1) is 10.6. The smallest absolute Gasteiger partial charge is 0.191 e. The van der Waals surface area contributed by atoms with Crippen LogP contribution in [0.15, 0.2) is 22.5 Å². The molecule has 0 aliphatic rings. The highest BCUT2D eigenvalue weighted by molar-refractivity contribution is 14.0. The van der Waals surface area contributed by atoms with Gasteiger partial charge in [-0.1, -0.05) is 20.8 Å². The van der Waals surface area contributed by atoms with Crippen LogP contribution in [0.2, 0.25) is 0 Å². The Kier molecular flexibility index (Phi) is 9.08. The zero-order chi connectivity index (χ0) is 15.9. The van der Waals surface area contributed by atoms with E-state index in [2.05, 4.69) is 58.9 Å². The first-order valence-electron chi connectivity index (χ1n) is 7.58. The lowest BCUT2D eigenvalue weighted by molar-refractivity contribution is 0.788. The van der Waals surface area contributed by atoms with Crippen molar-refractivity contribution in [1.29, 1.82) is 0 Å². The van der Waals surface area contributed by atoms with Crippen molar-refractivity contribution in [2.45, 2.75) is 46.2 Å². The molecule has 4 nitrogen and oxygen atoms in total. The molecule has 0 aromatic carbocycles. The summed E-state index contributed by atoms with van der Waals surface area (Å²) in [5.41, 5.74) is 1.16. The summed E-state index contributed by atoms with van der Waals surface area (Å²) in [5.74, 6) is 1.29. The molecule has 0 radical (unpaired) electrons. The van der Waals surface area contributed by atoms with Crippen molar-refractivity contribution in [3.05, 3.63) is 38.0 Å². The molecule has 0 spiro atoms. The quantitative estimate of drug-likeness (QED) is 0.379. The number of thiophene rings is 1. The number of aryl methyl sites for hydroxylation is 1. The number of guanidine groups is 1. The van der Waals surface area contributed by atoms with E-state index >= 15 is 0 Å². The summed E-state index contributed by atoms with van der Waals surface area (Å²) >= 11 is 3.55. The summed E-state index contributed by atoms with van der Waals surface area (Å²) in [7, 11) is 1.79. The molecule has 0 saturated carbocycles. The monoisotopic (exact) mass is 464 g/mol. The third kappa shape index (κ3) is 6.39. The number of nitrogens with zero attached hydrogens (tertiary/aromatic N) is 2. The molecule has 7 heteroatoms. The number of hydrogen-bond donors (Lipinski definition) is 2. The minimum absolute atomic E-state index is 0. The van der Waals surface area contributed by atoms with Gasteiger partial charge in [0.25, 0.3) is 0 Å². The van der Waals surface area contributed by atoms with Crippen molar-refractivity contribution in [3.8, 4) is 0 Å². The fourth-order valence-corrected chi connectivity index (χ4v) is 3.72. The predicted molar refractivity (Wildman–Crippen MR) is 112 cm³/mol. The molecule has 2 aromatic heterocycles. The highest BCUT2D eigenvalue weighted by atomic mass is 127. The van der Waals surface area contributed by atoms with Gasteiger partial charge in [-0.15, -0.1) is 46.7 Å². The predicted octanol–water partition coefficient (Wildman–Crippen LogP) is 4.37. The van der Waals surface area contributed by atoms with Crippen LogP contribution in [0, 0.1) is 0 Å². The summed E-state index contributed by atoms with van der Waals surface area (Å²) in [6.45, 7) is 8.03. The Morgan fingerprint density at radius 2 is 1.91 bits per heavy atom. The molecule has 0 aliphatic carbocycles. The van der Waals surface area contributed by atoms with Crippen LogP contribution in [-0.2, 0) is 19.5 Å². The second-order valence-corrected chi connectivity index (χ2v) is 7.52. The zero-order valence-corrected chi connectivity index (χ0v) is 18.0. The van der Waals surface area contributed by atoms with Crippen LogP contribution in [-0.4, -0.2) is 18.0 Å². The van der Waals surface area contributed by atoms with Gasteiger partial charge >= 0.3 is 0 Å². The van der Waals surface area contributed by atoms with E-state index < -0.39 is 0 Å². The lowest BCUT2D eigenvalue weighted by Crippen LogP contribution is -2.36. The van der Waals surface area contributed by atoms with E-state index in [1.54, 1.807) is 18.4 Å². The van der Waals surface area contributed by atoms with E-state index in [0.717, 1.165) is 29.6 Å². The molecule has 0 atom stereocenters. The molecule has 128 valence electrons. The Balaban J connectivity index is 0.00000264. The second kappa shape index (κ2) is 10.2. The summed E-state index contributed by atoms with van der Waals surface area (Å²) in [6, 6.07) is 4.38. The van der Waals surface area contributed by atoms with E-state index in [1.807, 2.05) is 11.3 Å². The molecule has 23 heavy (non-hydrogen) atoms. The molecular formula is C16H25IN4S2. The largest absolute Gasteiger partial charge is 0.352 e. The van der Waals surface area contributed by atoms with E-state index in [4.69, 9.17) is 0 Å². The highest BCUT2D eigenvalue weighted by Crippen LogP contribution is 2.18. The molecule has 2 heterocycles.